The van der Waals surface area contributed by atoms with Gasteiger partial charge in [0, 0.05) is 0 Å². The van der Waals surface area contributed by atoms with E-state index in [0.717, 1.165) is 18.4 Å². The smallest absolute Gasteiger partial charge is 0.312 e. The predicted molar refractivity (Wildman–Crippen MR) is 63.6 cm³/mol. The highest BCUT2D eigenvalue weighted by Crippen LogP contribution is 2.49. The molecular formula is C14H17FO2. The van der Waals surface area contributed by atoms with Crippen LogP contribution in [0.4, 0.5) is 4.39 Å². The fourth-order valence-corrected chi connectivity index (χ4v) is 2.64. The van der Waals surface area contributed by atoms with Gasteiger partial charge in [0.2, 0.25) is 0 Å². The maximum atomic E-state index is 14.5. The number of halogens is 1. The van der Waals surface area contributed by atoms with Crippen LogP contribution in [0.15, 0.2) is 24.3 Å². The van der Waals surface area contributed by atoms with Gasteiger partial charge < -0.3 is 5.11 Å². The predicted octanol–water partition coefficient (Wildman–Crippen LogP) is 3.65. The normalized spacial score (nSPS) is 20.1. The molecule has 1 atom stereocenters. The van der Waals surface area contributed by atoms with Crippen LogP contribution in [-0.2, 0) is 4.79 Å². The van der Waals surface area contributed by atoms with E-state index in [-0.39, 0.29) is 0 Å². The van der Waals surface area contributed by atoms with E-state index in [9.17, 15) is 14.3 Å². The minimum atomic E-state index is -1.40. The molecule has 92 valence electrons. The van der Waals surface area contributed by atoms with Crippen LogP contribution < -0.4 is 0 Å². The van der Waals surface area contributed by atoms with Crippen molar-refractivity contribution in [3.8, 4) is 0 Å². The number of hydrogen-bond acceptors (Lipinski definition) is 1. The van der Waals surface area contributed by atoms with Gasteiger partial charge in [0.15, 0.2) is 0 Å². The number of aliphatic carboxylic acids is 1. The number of aryl methyl sites for hydroxylation is 1. The Balaban J connectivity index is 2.31. The van der Waals surface area contributed by atoms with Crippen molar-refractivity contribution in [3.63, 3.8) is 0 Å². The van der Waals surface area contributed by atoms with Crippen molar-refractivity contribution in [2.24, 2.45) is 5.41 Å². The first-order chi connectivity index (χ1) is 8.06. The highest BCUT2D eigenvalue weighted by molar-refractivity contribution is 5.76. The largest absolute Gasteiger partial charge is 0.481 e. The lowest BCUT2D eigenvalue weighted by atomic mass is 9.78. The summed E-state index contributed by atoms with van der Waals surface area (Å²) in [5.74, 6) is -0.997. The summed E-state index contributed by atoms with van der Waals surface area (Å²) in [6, 6.07) is 7.05. The fourth-order valence-electron chi connectivity index (χ4n) is 2.64. The average Bonchev–Trinajstić information content (AvgIpc) is 2.79. The molecule has 1 aliphatic rings. The monoisotopic (exact) mass is 236 g/mol. The number of benzene rings is 1. The van der Waals surface area contributed by atoms with Gasteiger partial charge in [0.25, 0.3) is 0 Å². The Morgan fingerprint density at radius 3 is 2.29 bits per heavy atom. The van der Waals surface area contributed by atoms with Gasteiger partial charge in [-0.15, -0.1) is 0 Å². The molecule has 2 rings (SSSR count). The van der Waals surface area contributed by atoms with E-state index in [1.165, 1.54) is 0 Å². The van der Waals surface area contributed by atoms with Crippen LogP contribution in [0.25, 0.3) is 0 Å². The molecule has 1 saturated carbocycles. The summed E-state index contributed by atoms with van der Waals surface area (Å²) in [6.07, 6.45) is 1.09. The number of carboxylic acid groups (broad SMARTS) is 1. The standard InChI is InChI=1S/C14H17FO2/c1-10-4-6-11(7-5-10)12(15)14(13(16)17)8-2-3-9-14/h4-7,12H,2-3,8-9H2,1H3,(H,16,17). The zero-order valence-corrected chi connectivity index (χ0v) is 9.95. The summed E-state index contributed by atoms with van der Waals surface area (Å²) in [7, 11) is 0. The molecule has 2 nitrogen and oxygen atoms in total. The van der Waals surface area contributed by atoms with Crippen molar-refractivity contribution < 1.29 is 14.3 Å². The van der Waals surface area contributed by atoms with E-state index in [0.29, 0.717) is 18.4 Å². The Bertz CT molecular complexity index is 405. The van der Waals surface area contributed by atoms with Crippen molar-refractivity contribution in [1.82, 2.24) is 0 Å². The lowest BCUT2D eigenvalue weighted by Gasteiger charge is -2.28. The van der Waals surface area contributed by atoms with Gasteiger partial charge in [0.1, 0.15) is 11.6 Å². The third-order valence-electron chi connectivity index (χ3n) is 3.78. The third-order valence-corrected chi connectivity index (χ3v) is 3.78. The van der Waals surface area contributed by atoms with Crippen LogP contribution in [0.5, 0.6) is 0 Å². The van der Waals surface area contributed by atoms with Gasteiger partial charge in [-0.25, -0.2) is 4.39 Å². The fraction of sp³-hybridized carbons (Fsp3) is 0.500. The second-order valence-corrected chi connectivity index (χ2v) is 4.94. The Hall–Kier alpha value is -1.38. The van der Waals surface area contributed by atoms with Crippen molar-refractivity contribution in [2.45, 2.75) is 38.8 Å². The van der Waals surface area contributed by atoms with Gasteiger partial charge in [-0.05, 0) is 25.3 Å². The van der Waals surface area contributed by atoms with E-state index in [4.69, 9.17) is 0 Å². The van der Waals surface area contributed by atoms with Gasteiger partial charge in [0.05, 0.1) is 0 Å². The Labute approximate surface area is 100 Å². The van der Waals surface area contributed by atoms with Crippen LogP contribution in [-0.4, -0.2) is 11.1 Å². The van der Waals surface area contributed by atoms with E-state index in [1.54, 1.807) is 12.1 Å². The van der Waals surface area contributed by atoms with Crippen molar-refractivity contribution in [1.29, 1.82) is 0 Å². The van der Waals surface area contributed by atoms with Crippen molar-refractivity contribution in [2.75, 3.05) is 0 Å². The van der Waals surface area contributed by atoms with Crippen LogP contribution in [0.1, 0.15) is 43.0 Å². The summed E-state index contributed by atoms with van der Waals surface area (Å²) in [5.41, 5.74) is 0.339. The molecule has 1 aromatic rings. The van der Waals surface area contributed by atoms with E-state index in [1.807, 2.05) is 19.1 Å². The highest BCUT2D eigenvalue weighted by Gasteiger charge is 2.49. The molecule has 0 spiro atoms. The van der Waals surface area contributed by atoms with Crippen LogP contribution >= 0.6 is 0 Å². The van der Waals surface area contributed by atoms with Gasteiger partial charge >= 0.3 is 5.97 Å². The molecule has 1 aromatic carbocycles. The molecule has 0 heterocycles. The SMILES string of the molecule is Cc1ccc(C(F)C2(C(=O)O)CCCC2)cc1. The van der Waals surface area contributed by atoms with Crippen LogP contribution in [0.2, 0.25) is 0 Å². The van der Waals surface area contributed by atoms with Gasteiger partial charge in [-0.2, -0.15) is 0 Å². The van der Waals surface area contributed by atoms with Gasteiger partial charge in [-0.3, -0.25) is 4.79 Å². The molecule has 0 bridgehead atoms. The summed E-state index contributed by atoms with van der Waals surface area (Å²) >= 11 is 0. The second-order valence-electron chi connectivity index (χ2n) is 4.94. The first kappa shape index (κ1) is 12.1. The number of carboxylic acids is 1. The molecule has 0 amide bonds. The Morgan fingerprint density at radius 2 is 1.82 bits per heavy atom. The van der Waals surface area contributed by atoms with Crippen LogP contribution in [0.3, 0.4) is 0 Å². The number of carbonyl (C=O) groups is 1. The van der Waals surface area contributed by atoms with E-state index >= 15 is 0 Å². The molecule has 0 aromatic heterocycles. The number of hydrogen-bond donors (Lipinski definition) is 1. The molecular weight excluding hydrogens is 219 g/mol. The minimum absolute atomic E-state index is 0.442. The Morgan fingerprint density at radius 1 is 1.29 bits per heavy atom. The highest BCUT2D eigenvalue weighted by atomic mass is 19.1. The van der Waals surface area contributed by atoms with Gasteiger partial charge in [-0.1, -0.05) is 42.7 Å². The first-order valence-electron chi connectivity index (χ1n) is 6.00. The molecule has 1 fully saturated rings. The molecule has 0 saturated heterocycles. The summed E-state index contributed by atoms with van der Waals surface area (Å²) in [4.78, 5) is 11.4. The molecule has 17 heavy (non-hydrogen) atoms. The molecule has 3 heteroatoms. The summed E-state index contributed by atoms with van der Waals surface area (Å²) in [6.45, 7) is 1.93. The molecule has 1 unspecified atom stereocenters. The molecule has 1 N–H and O–H groups in total. The van der Waals surface area contributed by atoms with E-state index in [2.05, 4.69) is 0 Å². The molecule has 0 aliphatic heterocycles. The molecule has 1 aliphatic carbocycles. The zero-order valence-electron chi connectivity index (χ0n) is 9.95. The van der Waals surface area contributed by atoms with Crippen molar-refractivity contribution >= 4 is 5.97 Å². The number of rotatable bonds is 3. The average molecular weight is 236 g/mol. The lowest BCUT2D eigenvalue weighted by Crippen LogP contribution is -2.32. The number of alkyl halides is 1. The minimum Gasteiger partial charge on any atom is -0.481 e. The maximum Gasteiger partial charge on any atom is 0.312 e. The quantitative estimate of drug-likeness (QED) is 0.869. The second kappa shape index (κ2) is 4.47. The van der Waals surface area contributed by atoms with Crippen molar-refractivity contribution in [3.05, 3.63) is 35.4 Å². The first-order valence-corrected chi connectivity index (χ1v) is 6.00. The topological polar surface area (TPSA) is 37.3 Å². The van der Waals surface area contributed by atoms with E-state index < -0.39 is 17.6 Å². The summed E-state index contributed by atoms with van der Waals surface area (Å²) < 4.78 is 14.5. The molecule has 0 radical (unpaired) electrons. The third kappa shape index (κ3) is 2.06. The zero-order chi connectivity index (χ0) is 12.5. The maximum absolute atomic E-state index is 14.5. The van der Waals surface area contributed by atoms with Crippen LogP contribution in [0, 0.1) is 12.3 Å². The lowest BCUT2D eigenvalue weighted by molar-refractivity contribution is -0.153. The summed E-state index contributed by atoms with van der Waals surface area (Å²) in [5, 5.41) is 9.31. The Kier molecular flexibility index (Phi) is 3.18.